The van der Waals surface area contributed by atoms with E-state index in [2.05, 4.69) is 10.3 Å². The quantitative estimate of drug-likeness (QED) is 0.795. The molecule has 3 aromatic rings. The average molecular weight is 335 g/mol. The van der Waals surface area contributed by atoms with Gasteiger partial charge in [0.1, 0.15) is 12.7 Å². The van der Waals surface area contributed by atoms with E-state index in [1.54, 1.807) is 24.7 Å². The summed E-state index contributed by atoms with van der Waals surface area (Å²) in [6.45, 7) is 0.799. The minimum atomic E-state index is -0.205. The maximum atomic E-state index is 12.3. The second kappa shape index (κ2) is 6.68. The molecule has 25 heavy (non-hydrogen) atoms. The first-order valence-corrected chi connectivity index (χ1v) is 8.05. The number of hydrogen-bond donors (Lipinski definition) is 1. The molecule has 0 spiro atoms. The molecule has 126 valence electrons. The lowest BCUT2D eigenvalue weighted by Gasteiger charge is -2.26. The summed E-state index contributed by atoms with van der Waals surface area (Å²) >= 11 is 0. The number of nitrogens with one attached hydrogen (secondary N) is 1. The van der Waals surface area contributed by atoms with Gasteiger partial charge in [-0.25, -0.2) is 4.98 Å². The molecule has 2 heterocycles. The number of aromatic nitrogens is 2. The van der Waals surface area contributed by atoms with Crippen molar-refractivity contribution in [1.29, 1.82) is 0 Å². The fourth-order valence-corrected chi connectivity index (χ4v) is 2.67. The Kier molecular flexibility index (Phi) is 4.08. The van der Waals surface area contributed by atoms with E-state index < -0.39 is 0 Å². The lowest BCUT2D eigenvalue weighted by atomic mass is 10.2. The van der Waals surface area contributed by atoms with Crippen LogP contribution in [0.15, 0.2) is 67.3 Å². The maximum absolute atomic E-state index is 12.3. The average Bonchev–Trinajstić information content (AvgIpc) is 3.21. The van der Waals surface area contributed by atoms with E-state index in [0.29, 0.717) is 24.5 Å². The Bertz CT molecular complexity index is 860. The van der Waals surface area contributed by atoms with Gasteiger partial charge in [0.05, 0.1) is 12.9 Å². The van der Waals surface area contributed by atoms with Gasteiger partial charge in [0, 0.05) is 23.6 Å². The number of nitrogens with zero attached hydrogens (tertiary/aromatic N) is 2. The van der Waals surface area contributed by atoms with E-state index in [1.807, 2.05) is 47.2 Å². The Morgan fingerprint density at radius 3 is 2.72 bits per heavy atom. The molecular formula is C19H17N3O3. The lowest BCUT2D eigenvalue weighted by Crippen LogP contribution is -2.40. The second-order valence-electron chi connectivity index (χ2n) is 5.72. The Balaban J connectivity index is 1.35. The molecule has 1 amide bonds. The van der Waals surface area contributed by atoms with Gasteiger partial charge >= 0.3 is 0 Å². The molecule has 1 aromatic heterocycles. The van der Waals surface area contributed by atoms with Gasteiger partial charge in [-0.2, -0.15) is 0 Å². The molecule has 0 bridgehead atoms. The zero-order valence-corrected chi connectivity index (χ0v) is 13.5. The van der Waals surface area contributed by atoms with Crippen LogP contribution in [-0.4, -0.2) is 34.7 Å². The highest BCUT2D eigenvalue weighted by Crippen LogP contribution is 2.30. The van der Waals surface area contributed by atoms with Gasteiger partial charge in [0.2, 0.25) is 0 Å². The molecule has 1 aliphatic heterocycles. The van der Waals surface area contributed by atoms with Gasteiger partial charge in [-0.05, 0) is 36.4 Å². The molecule has 6 heteroatoms. The topological polar surface area (TPSA) is 65.4 Å². The molecule has 0 aliphatic carbocycles. The number of para-hydroxylation sites is 2. The number of rotatable bonds is 4. The Morgan fingerprint density at radius 2 is 1.96 bits per heavy atom. The van der Waals surface area contributed by atoms with Crippen LogP contribution in [0.2, 0.25) is 0 Å². The standard InChI is InChI=1S/C19H17N3O3/c23-19(14-5-7-15(8-6-14)22-10-9-20-13-22)21-11-16-12-24-17-3-1-2-4-18(17)25-16/h1-10,13,16H,11-12H2,(H,21,23). The van der Waals surface area contributed by atoms with Gasteiger partial charge in [0.25, 0.3) is 5.91 Å². The second-order valence-corrected chi connectivity index (χ2v) is 5.72. The van der Waals surface area contributed by atoms with Crippen molar-refractivity contribution in [2.75, 3.05) is 13.2 Å². The van der Waals surface area contributed by atoms with Crippen LogP contribution < -0.4 is 14.8 Å². The molecule has 4 rings (SSSR count). The van der Waals surface area contributed by atoms with Crippen LogP contribution in [0.4, 0.5) is 0 Å². The van der Waals surface area contributed by atoms with Gasteiger partial charge in [-0.1, -0.05) is 12.1 Å². The number of ether oxygens (including phenoxy) is 2. The smallest absolute Gasteiger partial charge is 0.251 e. The third-order valence-electron chi connectivity index (χ3n) is 3.99. The summed E-state index contributed by atoms with van der Waals surface area (Å²) in [5.41, 5.74) is 1.55. The summed E-state index contributed by atoms with van der Waals surface area (Å²) in [6.07, 6.45) is 5.08. The SMILES string of the molecule is O=C(NCC1COc2ccccc2O1)c1ccc(-n2ccnc2)cc1. The van der Waals surface area contributed by atoms with E-state index in [0.717, 1.165) is 11.4 Å². The van der Waals surface area contributed by atoms with E-state index in [1.165, 1.54) is 0 Å². The predicted molar refractivity (Wildman–Crippen MR) is 92.3 cm³/mol. The largest absolute Gasteiger partial charge is 0.486 e. The number of carbonyl (C=O) groups is 1. The van der Waals surface area contributed by atoms with Crippen molar-refractivity contribution in [3.05, 3.63) is 72.8 Å². The maximum Gasteiger partial charge on any atom is 0.251 e. The minimum Gasteiger partial charge on any atom is -0.486 e. The van der Waals surface area contributed by atoms with Crippen molar-refractivity contribution in [2.24, 2.45) is 0 Å². The first-order valence-electron chi connectivity index (χ1n) is 8.05. The molecule has 1 unspecified atom stereocenters. The summed E-state index contributed by atoms with van der Waals surface area (Å²) in [5.74, 6) is 1.30. The van der Waals surface area contributed by atoms with Crippen LogP contribution in [0.5, 0.6) is 11.5 Å². The zero-order valence-electron chi connectivity index (χ0n) is 13.5. The van der Waals surface area contributed by atoms with Gasteiger partial charge in [-0.15, -0.1) is 0 Å². The van der Waals surface area contributed by atoms with Crippen LogP contribution in [0.3, 0.4) is 0 Å². The van der Waals surface area contributed by atoms with Crippen molar-refractivity contribution in [2.45, 2.75) is 6.10 Å². The molecule has 0 saturated carbocycles. The molecule has 6 nitrogen and oxygen atoms in total. The highest BCUT2D eigenvalue weighted by molar-refractivity contribution is 5.94. The molecule has 1 atom stereocenters. The lowest BCUT2D eigenvalue weighted by molar-refractivity contribution is 0.0789. The van der Waals surface area contributed by atoms with E-state index in [4.69, 9.17) is 9.47 Å². The summed E-state index contributed by atoms with van der Waals surface area (Å²) in [4.78, 5) is 16.3. The van der Waals surface area contributed by atoms with Gasteiger partial charge in [0.15, 0.2) is 11.5 Å². The Hall–Kier alpha value is -3.28. The third-order valence-corrected chi connectivity index (χ3v) is 3.99. The fourth-order valence-electron chi connectivity index (χ4n) is 2.67. The molecule has 1 N–H and O–H groups in total. The number of imidazole rings is 1. The fraction of sp³-hybridized carbons (Fsp3) is 0.158. The van der Waals surface area contributed by atoms with Crippen molar-refractivity contribution in [3.8, 4) is 17.2 Å². The Morgan fingerprint density at radius 1 is 1.16 bits per heavy atom. The van der Waals surface area contributed by atoms with E-state index >= 15 is 0 Å². The molecule has 0 radical (unpaired) electrons. The molecule has 2 aromatic carbocycles. The van der Waals surface area contributed by atoms with E-state index in [-0.39, 0.29) is 12.0 Å². The summed E-state index contributed by atoms with van der Waals surface area (Å²) in [7, 11) is 0. The normalized spacial score (nSPS) is 15.6. The van der Waals surface area contributed by atoms with Crippen molar-refractivity contribution in [3.63, 3.8) is 0 Å². The van der Waals surface area contributed by atoms with Crippen molar-refractivity contribution in [1.82, 2.24) is 14.9 Å². The Labute approximate surface area is 145 Å². The molecule has 0 fully saturated rings. The summed E-state index contributed by atoms with van der Waals surface area (Å²) in [6, 6.07) is 14.9. The molecule has 1 aliphatic rings. The molecule has 0 saturated heterocycles. The number of amides is 1. The summed E-state index contributed by atoms with van der Waals surface area (Å²) in [5, 5.41) is 2.89. The summed E-state index contributed by atoms with van der Waals surface area (Å²) < 4.78 is 13.4. The first kappa shape index (κ1) is 15.3. The van der Waals surface area contributed by atoms with Crippen molar-refractivity contribution < 1.29 is 14.3 Å². The predicted octanol–water partition coefficient (Wildman–Crippen LogP) is 2.44. The first-order chi connectivity index (χ1) is 12.3. The highest BCUT2D eigenvalue weighted by Gasteiger charge is 2.21. The number of hydrogen-bond acceptors (Lipinski definition) is 4. The minimum absolute atomic E-state index is 0.139. The number of carbonyl (C=O) groups excluding carboxylic acids is 1. The van der Waals surface area contributed by atoms with Gasteiger partial charge in [-0.3, -0.25) is 4.79 Å². The highest BCUT2D eigenvalue weighted by atomic mass is 16.6. The van der Waals surface area contributed by atoms with Crippen LogP contribution in [0, 0.1) is 0 Å². The monoisotopic (exact) mass is 335 g/mol. The number of fused-ring (bicyclic) bond motifs is 1. The molecular weight excluding hydrogens is 318 g/mol. The third kappa shape index (κ3) is 3.33. The van der Waals surface area contributed by atoms with E-state index in [9.17, 15) is 4.79 Å². The van der Waals surface area contributed by atoms with Gasteiger partial charge < -0.3 is 19.4 Å². The zero-order chi connectivity index (χ0) is 17.1. The number of benzene rings is 2. The van der Waals surface area contributed by atoms with Crippen molar-refractivity contribution >= 4 is 5.91 Å². The van der Waals surface area contributed by atoms with Crippen LogP contribution >= 0.6 is 0 Å². The van der Waals surface area contributed by atoms with Crippen LogP contribution in [0.1, 0.15) is 10.4 Å². The van der Waals surface area contributed by atoms with Crippen LogP contribution in [0.25, 0.3) is 5.69 Å². The van der Waals surface area contributed by atoms with Crippen LogP contribution in [-0.2, 0) is 0 Å².